The predicted octanol–water partition coefficient (Wildman–Crippen LogP) is 2.30. The van der Waals surface area contributed by atoms with E-state index in [1.165, 1.54) is 0 Å². The van der Waals surface area contributed by atoms with E-state index in [0.717, 1.165) is 65.2 Å². The molecule has 1 fully saturated rings. The number of halogens is 1. The smallest absolute Gasteiger partial charge is 0.409 e. The number of rotatable bonds is 8. The molecule has 0 bridgehead atoms. The summed E-state index contributed by atoms with van der Waals surface area (Å²) in [7, 11) is 0. The Labute approximate surface area is 136 Å². The van der Waals surface area contributed by atoms with Crippen molar-refractivity contribution < 1.29 is 9.53 Å². The minimum absolute atomic E-state index is 0. The first-order chi connectivity index (χ1) is 9.71. The Kier molecular flexibility index (Phi) is 11.8. The molecule has 5 nitrogen and oxygen atoms in total. The first kappa shape index (κ1) is 20.5. The van der Waals surface area contributed by atoms with Gasteiger partial charge in [0.25, 0.3) is 0 Å². The molecule has 0 aromatic rings. The van der Waals surface area contributed by atoms with Gasteiger partial charge in [-0.2, -0.15) is 0 Å². The number of hydrogen-bond donors (Lipinski definition) is 0. The van der Waals surface area contributed by atoms with Crippen molar-refractivity contribution in [3.05, 3.63) is 0 Å². The molecule has 6 heteroatoms. The lowest BCUT2D eigenvalue weighted by atomic mass is 10.3. The van der Waals surface area contributed by atoms with Gasteiger partial charge in [-0.1, -0.05) is 27.2 Å². The van der Waals surface area contributed by atoms with Crippen molar-refractivity contribution in [1.29, 1.82) is 0 Å². The monoisotopic (exact) mass is 321 g/mol. The van der Waals surface area contributed by atoms with Crippen LogP contribution in [0.2, 0.25) is 0 Å². The second kappa shape index (κ2) is 12.1. The van der Waals surface area contributed by atoms with Gasteiger partial charge in [-0.3, -0.25) is 4.90 Å². The Morgan fingerprint density at radius 3 is 2.24 bits per heavy atom. The summed E-state index contributed by atoms with van der Waals surface area (Å²) < 4.78 is 5.25. The number of piperazine rings is 1. The van der Waals surface area contributed by atoms with Crippen molar-refractivity contribution in [2.45, 2.75) is 33.6 Å². The second-order valence-electron chi connectivity index (χ2n) is 5.32. The van der Waals surface area contributed by atoms with Gasteiger partial charge < -0.3 is 14.5 Å². The molecular formula is C15H32ClN3O2. The summed E-state index contributed by atoms with van der Waals surface area (Å²) >= 11 is 0. The SMILES string of the molecule is CCCCOC(=O)N1CCN(CCN(CC)CC)CC1.Cl. The number of likely N-dealkylation sites (N-methyl/N-ethyl adjacent to an activating group) is 1. The van der Waals surface area contributed by atoms with E-state index in [-0.39, 0.29) is 18.5 Å². The van der Waals surface area contributed by atoms with E-state index < -0.39 is 0 Å². The van der Waals surface area contributed by atoms with E-state index in [4.69, 9.17) is 4.74 Å². The lowest BCUT2D eigenvalue weighted by Gasteiger charge is -2.35. The summed E-state index contributed by atoms with van der Waals surface area (Å²) in [5.74, 6) is 0. The lowest BCUT2D eigenvalue weighted by molar-refractivity contribution is 0.0728. The highest BCUT2D eigenvalue weighted by atomic mass is 35.5. The summed E-state index contributed by atoms with van der Waals surface area (Å²) in [4.78, 5) is 18.5. The van der Waals surface area contributed by atoms with E-state index in [1.807, 2.05) is 4.90 Å². The topological polar surface area (TPSA) is 36.0 Å². The van der Waals surface area contributed by atoms with Crippen LogP contribution in [0.1, 0.15) is 33.6 Å². The number of carbonyl (C=O) groups is 1. The molecule has 1 aliphatic rings. The number of nitrogens with zero attached hydrogens (tertiary/aromatic N) is 3. The Morgan fingerprint density at radius 2 is 1.71 bits per heavy atom. The van der Waals surface area contributed by atoms with Crippen LogP contribution in [-0.4, -0.2) is 79.8 Å². The van der Waals surface area contributed by atoms with Crippen LogP contribution in [0.4, 0.5) is 4.79 Å². The molecule has 1 amide bonds. The van der Waals surface area contributed by atoms with Gasteiger partial charge in [-0.15, -0.1) is 12.4 Å². The molecule has 0 unspecified atom stereocenters. The number of unbranched alkanes of at least 4 members (excludes halogenated alkanes) is 1. The molecule has 0 radical (unpaired) electrons. The van der Waals surface area contributed by atoms with Crippen LogP contribution in [0.5, 0.6) is 0 Å². The summed E-state index contributed by atoms with van der Waals surface area (Å²) in [6.07, 6.45) is 1.88. The molecule has 21 heavy (non-hydrogen) atoms. The van der Waals surface area contributed by atoms with Crippen molar-refractivity contribution in [3.8, 4) is 0 Å². The summed E-state index contributed by atoms with van der Waals surface area (Å²) in [5.41, 5.74) is 0. The third-order valence-electron chi connectivity index (χ3n) is 3.98. The van der Waals surface area contributed by atoms with Crippen LogP contribution in [0.25, 0.3) is 0 Å². The van der Waals surface area contributed by atoms with Gasteiger partial charge in [0, 0.05) is 39.3 Å². The third-order valence-corrected chi connectivity index (χ3v) is 3.98. The minimum Gasteiger partial charge on any atom is -0.449 e. The van der Waals surface area contributed by atoms with Crippen LogP contribution in [0.3, 0.4) is 0 Å². The molecule has 1 aliphatic heterocycles. The predicted molar refractivity (Wildman–Crippen MR) is 89.3 cm³/mol. The Bertz CT molecular complexity index is 268. The van der Waals surface area contributed by atoms with E-state index in [2.05, 4.69) is 30.6 Å². The molecule has 0 atom stereocenters. The molecule has 1 rings (SSSR count). The molecule has 0 spiro atoms. The summed E-state index contributed by atoms with van der Waals surface area (Å²) in [5, 5.41) is 0. The lowest BCUT2D eigenvalue weighted by Crippen LogP contribution is -2.50. The highest BCUT2D eigenvalue weighted by Crippen LogP contribution is 2.04. The molecule has 126 valence electrons. The minimum atomic E-state index is -0.137. The quantitative estimate of drug-likeness (QED) is 0.643. The maximum atomic E-state index is 11.8. The number of carbonyl (C=O) groups excluding carboxylic acids is 1. The van der Waals surface area contributed by atoms with Crippen molar-refractivity contribution >= 4 is 18.5 Å². The molecule has 1 heterocycles. The molecule has 1 saturated heterocycles. The zero-order chi connectivity index (χ0) is 14.8. The Hall–Kier alpha value is -0.520. The third kappa shape index (κ3) is 7.88. The maximum Gasteiger partial charge on any atom is 0.409 e. The second-order valence-corrected chi connectivity index (χ2v) is 5.32. The van der Waals surface area contributed by atoms with Crippen molar-refractivity contribution in [2.24, 2.45) is 0 Å². The van der Waals surface area contributed by atoms with Crippen LogP contribution < -0.4 is 0 Å². The zero-order valence-electron chi connectivity index (χ0n) is 13.8. The van der Waals surface area contributed by atoms with Gasteiger partial charge in [0.2, 0.25) is 0 Å². The first-order valence-electron chi connectivity index (χ1n) is 8.07. The van der Waals surface area contributed by atoms with Crippen LogP contribution >= 0.6 is 12.4 Å². The van der Waals surface area contributed by atoms with Gasteiger partial charge in [0.15, 0.2) is 0 Å². The fourth-order valence-corrected chi connectivity index (χ4v) is 2.37. The number of ether oxygens (including phenoxy) is 1. The molecule has 0 saturated carbocycles. The first-order valence-corrected chi connectivity index (χ1v) is 8.07. The van der Waals surface area contributed by atoms with E-state index >= 15 is 0 Å². The Morgan fingerprint density at radius 1 is 1.10 bits per heavy atom. The van der Waals surface area contributed by atoms with Gasteiger partial charge in [0.1, 0.15) is 0 Å². The number of amides is 1. The number of hydrogen-bond acceptors (Lipinski definition) is 4. The van der Waals surface area contributed by atoms with E-state index in [0.29, 0.717) is 6.61 Å². The van der Waals surface area contributed by atoms with Crippen LogP contribution in [0.15, 0.2) is 0 Å². The molecule has 0 aromatic carbocycles. The fraction of sp³-hybridized carbons (Fsp3) is 0.933. The fourth-order valence-electron chi connectivity index (χ4n) is 2.37. The van der Waals surface area contributed by atoms with Gasteiger partial charge in [-0.05, 0) is 19.5 Å². The molecule has 0 aliphatic carbocycles. The van der Waals surface area contributed by atoms with Crippen LogP contribution in [0, 0.1) is 0 Å². The van der Waals surface area contributed by atoms with E-state index in [1.54, 1.807) is 0 Å². The molecule has 0 aromatic heterocycles. The van der Waals surface area contributed by atoms with Gasteiger partial charge in [-0.25, -0.2) is 4.79 Å². The molecule has 0 N–H and O–H groups in total. The largest absolute Gasteiger partial charge is 0.449 e. The average molecular weight is 322 g/mol. The van der Waals surface area contributed by atoms with Crippen molar-refractivity contribution in [2.75, 3.05) is 59.0 Å². The molecular weight excluding hydrogens is 290 g/mol. The van der Waals surface area contributed by atoms with Crippen molar-refractivity contribution in [1.82, 2.24) is 14.7 Å². The standard InChI is InChI=1S/C15H31N3O2.ClH/c1-4-7-14-20-15(19)18-12-10-17(11-13-18)9-8-16(5-2)6-3;/h4-14H2,1-3H3;1H. The maximum absolute atomic E-state index is 11.8. The highest BCUT2D eigenvalue weighted by molar-refractivity contribution is 5.85. The van der Waals surface area contributed by atoms with Crippen molar-refractivity contribution in [3.63, 3.8) is 0 Å². The Balaban J connectivity index is 0.00000400. The summed E-state index contributed by atoms with van der Waals surface area (Å²) in [6.45, 7) is 15.0. The van der Waals surface area contributed by atoms with Gasteiger partial charge >= 0.3 is 6.09 Å². The van der Waals surface area contributed by atoms with Gasteiger partial charge in [0.05, 0.1) is 6.61 Å². The highest BCUT2D eigenvalue weighted by Gasteiger charge is 2.21. The zero-order valence-corrected chi connectivity index (χ0v) is 14.7. The summed E-state index contributed by atoms with van der Waals surface area (Å²) in [6, 6.07) is 0. The van der Waals surface area contributed by atoms with Crippen LogP contribution in [-0.2, 0) is 4.74 Å². The normalized spacial score (nSPS) is 15.9. The van der Waals surface area contributed by atoms with E-state index in [9.17, 15) is 4.79 Å². The average Bonchev–Trinajstić information content (AvgIpc) is 2.49.